The van der Waals surface area contributed by atoms with Crippen LogP contribution >= 0.6 is 0 Å². The normalized spacial score (nSPS) is 19.1. The molecular formula is C23H20N2O5. The van der Waals surface area contributed by atoms with Crippen LogP contribution in [0.2, 0.25) is 0 Å². The third-order valence-electron chi connectivity index (χ3n) is 6.20. The van der Waals surface area contributed by atoms with Gasteiger partial charge in [0.15, 0.2) is 0 Å². The smallest absolute Gasteiger partial charge is 0.316 e. The fourth-order valence-corrected chi connectivity index (χ4v) is 4.36. The molecule has 2 aromatic heterocycles. The Balaban J connectivity index is 1.70. The first-order chi connectivity index (χ1) is 14.3. The van der Waals surface area contributed by atoms with E-state index in [1.165, 1.54) is 6.92 Å². The van der Waals surface area contributed by atoms with E-state index in [0.29, 0.717) is 30.0 Å². The molecular weight excluding hydrogens is 384 g/mol. The summed E-state index contributed by atoms with van der Waals surface area (Å²) in [6, 6.07) is 9.15. The molecule has 152 valence electrons. The molecule has 3 aromatic rings. The number of pyridine rings is 2. The van der Waals surface area contributed by atoms with E-state index < -0.39 is 5.41 Å². The second kappa shape index (κ2) is 6.26. The van der Waals surface area contributed by atoms with Crippen LogP contribution in [-0.4, -0.2) is 21.5 Å². The van der Waals surface area contributed by atoms with Gasteiger partial charge in [-0.05, 0) is 49.2 Å². The molecule has 0 aliphatic carbocycles. The molecule has 2 aliphatic heterocycles. The van der Waals surface area contributed by atoms with Crippen LogP contribution in [-0.2, 0) is 32.9 Å². The van der Waals surface area contributed by atoms with Crippen molar-refractivity contribution in [2.45, 2.75) is 45.8 Å². The number of hydrogen-bond donors (Lipinski definition) is 0. The molecule has 4 heterocycles. The second-order valence-electron chi connectivity index (χ2n) is 8.02. The van der Waals surface area contributed by atoms with E-state index in [9.17, 15) is 14.4 Å². The Morgan fingerprint density at radius 1 is 1.27 bits per heavy atom. The molecule has 5 rings (SSSR count). The van der Waals surface area contributed by atoms with E-state index in [4.69, 9.17) is 14.5 Å². The Bertz CT molecular complexity index is 1320. The van der Waals surface area contributed by atoms with Gasteiger partial charge in [0.05, 0.1) is 34.4 Å². The van der Waals surface area contributed by atoms with E-state index in [1.54, 1.807) is 22.8 Å². The fourth-order valence-electron chi connectivity index (χ4n) is 4.36. The summed E-state index contributed by atoms with van der Waals surface area (Å²) in [5.74, 6) is -0.234. The van der Waals surface area contributed by atoms with Gasteiger partial charge in [-0.3, -0.25) is 14.4 Å². The summed E-state index contributed by atoms with van der Waals surface area (Å²) < 4.78 is 12.2. The lowest BCUT2D eigenvalue weighted by atomic mass is 9.76. The van der Waals surface area contributed by atoms with Crippen molar-refractivity contribution in [3.63, 3.8) is 0 Å². The second-order valence-corrected chi connectivity index (χ2v) is 8.02. The molecule has 0 unspecified atom stereocenters. The summed E-state index contributed by atoms with van der Waals surface area (Å²) in [5.41, 5.74) is 3.38. The average molecular weight is 404 g/mol. The van der Waals surface area contributed by atoms with Gasteiger partial charge in [-0.25, -0.2) is 4.98 Å². The number of hydrogen-bond acceptors (Lipinski definition) is 6. The number of carbonyl (C=O) groups is 2. The number of fused-ring (bicyclic) bond motifs is 5. The van der Waals surface area contributed by atoms with Crippen LogP contribution in [0.15, 0.2) is 35.1 Å². The first kappa shape index (κ1) is 18.5. The summed E-state index contributed by atoms with van der Waals surface area (Å²) in [4.78, 5) is 41.7. The van der Waals surface area contributed by atoms with Crippen molar-refractivity contribution in [1.29, 1.82) is 0 Å². The minimum atomic E-state index is -0.846. The van der Waals surface area contributed by atoms with Gasteiger partial charge in [-0.1, -0.05) is 6.92 Å². The molecule has 1 aromatic carbocycles. The largest absolute Gasteiger partial charge is 0.460 e. The SMILES string of the molecule is CC[C@@]1(C)C(=O)OCc2c1cc1n(c2=O)Cc2cc3cc(OC(C)=O)ccc3nc2-1. The molecule has 2 aliphatic rings. The minimum Gasteiger partial charge on any atom is -0.460 e. The van der Waals surface area contributed by atoms with Crippen LogP contribution in [0.1, 0.15) is 43.9 Å². The third kappa shape index (κ3) is 2.51. The molecule has 0 saturated heterocycles. The molecule has 0 fully saturated rings. The lowest BCUT2D eigenvalue weighted by Gasteiger charge is -2.33. The van der Waals surface area contributed by atoms with E-state index in [1.807, 2.05) is 26.0 Å². The van der Waals surface area contributed by atoms with Gasteiger partial charge >= 0.3 is 11.9 Å². The van der Waals surface area contributed by atoms with E-state index >= 15 is 0 Å². The summed E-state index contributed by atoms with van der Waals surface area (Å²) in [6.45, 7) is 5.49. The predicted octanol–water partition coefficient (Wildman–Crippen LogP) is 3.08. The highest BCUT2D eigenvalue weighted by Gasteiger charge is 2.43. The van der Waals surface area contributed by atoms with Crippen LogP contribution in [0.25, 0.3) is 22.3 Å². The quantitative estimate of drug-likeness (QED) is 0.377. The number of esters is 2. The maximum Gasteiger partial charge on any atom is 0.316 e. The van der Waals surface area contributed by atoms with E-state index in [0.717, 1.165) is 27.7 Å². The Morgan fingerprint density at radius 2 is 2.07 bits per heavy atom. The summed E-state index contributed by atoms with van der Waals surface area (Å²) in [7, 11) is 0. The van der Waals surface area contributed by atoms with E-state index in [-0.39, 0.29) is 24.1 Å². The molecule has 0 amide bonds. The number of benzene rings is 1. The van der Waals surface area contributed by atoms with Crippen molar-refractivity contribution >= 4 is 22.8 Å². The van der Waals surface area contributed by atoms with Crippen LogP contribution in [0.5, 0.6) is 5.75 Å². The van der Waals surface area contributed by atoms with Gasteiger partial charge in [-0.2, -0.15) is 0 Å². The molecule has 0 bridgehead atoms. The van der Waals surface area contributed by atoms with Gasteiger partial charge in [0, 0.05) is 17.9 Å². The lowest BCUT2D eigenvalue weighted by Crippen LogP contribution is -2.42. The molecule has 0 saturated carbocycles. The monoisotopic (exact) mass is 404 g/mol. The van der Waals surface area contributed by atoms with Gasteiger partial charge in [0.25, 0.3) is 5.56 Å². The van der Waals surface area contributed by atoms with Crippen molar-refractivity contribution < 1.29 is 19.1 Å². The number of ether oxygens (including phenoxy) is 2. The standard InChI is InChI=1S/C23H20N2O5/c1-4-23(3)17-9-19-20-14(10-25(19)21(27)16(17)11-29-22(23)28)7-13-8-15(30-12(2)26)5-6-18(13)24-20/h5-9H,4,10-11H2,1-3H3/t23-/m1/s1. The van der Waals surface area contributed by atoms with Crippen molar-refractivity contribution in [3.05, 3.63) is 57.4 Å². The zero-order chi connectivity index (χ0) is 21.2. The Labute approximate surface area is 172 Å². The number of cyclic esters (lactones) is 1. The van der Waals surface area contributed by atoms with Crippen LogP contribution in [0.3, 0.4) is 0 Å². The van der Waals surface area contributed by atoms with Crippen LogP contribution in [0, 0.1) is 0 Å². The molecule has 7 heteroatoms. The van der Waals surface area contributed by atoms with Gasteiger partial charge in [0.1, 0.15) is 12.4 Å². The maximum absolute atomic E-state index is 13.2. The van der Waals surface area contributed by atoms with Crippen LogP contribution in [0.4, 0.5) is 0 Å². The third-order valence-corrected chi connectivity index (χ3v) is 6.20. The maximum atomic E-state index is 13.2. The molecule has 30 heavy (non-hydrogen) atoms. The minimum absolute atomic E-state index is 0.000362. The van der Waals surface area contributed by atoms with Crippen LogP contribution < -0.4 is 10.3 Å². The highest BCUT2D eigenvalue weighted by atomic mass is 16.5. The fraction of sp³-hybridized carbons (Fsp3) is 0.304. The van der Waals surface area contributed by atoms with E-state index in [2.05, 4.69) is 0 Å². The highest BCUT2D eigenvalue weighted by Crippen LogP contribution is 2.39. The molecule has 7 nitrogen and oxygen atoms in total. The first-order valence-electron chi connectivity index (χ1n) is 9.88. The summed E-state index contributed by atoms with van der Waals surface area (Å²) in [5, 5.41) is 0.829. The number of rotatable bonds is 2. The van der Waals surface area contributed by atoms with Crippen molar-refractivity contribution in [2.24, 2.45) is 0 Å². The first-order valence-corrected chi connectivity index (χ1v) is 9.88. The lowest BCUT2D eigenvalue weighted by molar-refractivity contribution is -0.153. The topological polar surface area (TPSA) is 87.5 Å². The Kier molecular flexibility index (Phi) is 3.87. The average Bonchev–Trinajstić information content (AvgIpc) is 3.07. The Morgan fingerprint density at radius 3 is 2.80 bits per heavy atom. The predicted molar refractivity (Wildman–Crippen MR) is 109 cm³/mol. The Hall–Kier alpha value is -3.48. The zero-order valence-electron chi connectivity index (χ0n) is 16.9. The van der Waals surface area contributed by atoms with Gasteiger partial charge in [0.2, 0.25) is 0 Å². The molecule has 0 spiro atoms. The molecule has 1 atom stereocenters. The zero-order valence-corrected chi connectivity index (χ0v) is 16.9. The van der Waals surface area contributed by atoms with Gasteiger partial charge < -0.3 is 14.0 Å². The number of aromatic nitrogens is 2. The summed E-state index contributed by atoms with van der Waals surface area (Å²) >= 11 is 0. The molecule has 0 N–H and O–H groups in total. The van der Waals surface area contributed by atoms with Crippen molar-refractivity contribution in [2.75, 3.05) is 0 Å². The number of nitrogens with zero attached hydrogens (tertiary/aromatic N) is 2. The summed E-state index contributed by atoms with van der Waals surface area (Å²) in [6.07, 6.45) is 0.540. The highest BCUT2D eigenvalue weighted by molar-refractivity contribution is 5.88. The van der Waals surface area contributed by atoms with Crippen molar-refractivity contribution in [3.8, 4) is 17.1 Å². The van der Waals surface area contributed by atoms with Gasteiger partial charge in [-0.15, -0.1) is 0 Å². The van der Waals surface area contributed by atoms with Crippen molar-refractivity contribution in [1.82, 2.24) is 9.55 Å². The molecule has 0 radical (unpaired) electrons. The number of carbonyl (C=O) groups excluding carboxylic acids is 2.